The van der Waals surface area contributed by atoms with Crippen LogP contribution in [0.1, 0.15) is 0 Å². The van der Waals surface area contributed by atoms with Crippen molar-refractivity contribution in [3.63, 3.8) is 0 Å². The fraction of sp³-hybridized carbons (Fsp3) is 0.444. The molecule has 1 aliphatic heterocycles. The van der Waals surface area contributed by atoms with Gasteiger partial charge in [0.05, 0.1) is 5.02 Å². The molecule has 0 aliphatic carbocycles. The highest BCUT2D eigenvalue weighted by Gasteiger charge is 2.15. The number of halogens is 2. The highest BCUT2D eigenvalue weighted by atomic mass is 35.5. The van der Waals surface area contributed by atoms with Crippen LogP contribution in [-0.2, 0) is 0 Å². The van der Waals surface area contributed by atoms with E-state index >= 15 is 0 Å². The van der Waals surface area contributed by atoms with E-state index in [9.17, 15) is 4.39 Å². The Bertz CT molecular complexity index is 326. The summed E-state index contributed by atoms with van der Waals surface area (Å²) in [5.41, 5.74) is 0. The van der Waals surface area contributed by atoms with Crippen LogP contribution < -0.4 is 10.2 Å². The second-order valence-corrected chi connectivity index (χ2v) is 3.63. The minimum Gasteiger partial charge on any atom is -0.352 e. The third-order valence-electron chi connectivity index (χ3n) is 2.20. The molecule has 0 bridgehead atoms. The molecule has 2 rings (SSSR count). The first-order valence-electron chi connectivity index (χ1n) is 4.54. The molecule has 1 aromatic heterocycles. The summed E-state index contributed by atoms with van der Waals surface area (Å²) in [5, 5.41) is 3.53. The lowest BCUT2D eigenvalue weighted by molar-refractivity contribution is 0.559. The molecule has 1 aliphatic rings. The number of hydrogen-bond acceptors (Lipinski definition) is 3. The van der Waals surface area contributed by atoms with Crippen LogP contribution in [0, 0.1) is 5.82 Å². The second-order valence-electron chi connectivity index (χ2n) is 3.20. The lowest BCUT2D eigenvalue weighted by Crippen LogP contribution is -2.44. The average molecular weight is 216 g/mol. The van der Waals surface area contributed by atoms with Crippen LogP contribution in [0.3, 0.4) is 0 Å². The predicted octanol–water partition coefficient (Wildman–Crippen LogP) is 1.28. The highest BCUT2D eigenvalue weighted by Crippen LogP contribution is 2.19. The quantitative estimate of drug-likeness (QED) is 0.765. The van der Waals surface area contributed by atoms with Crippen LogP contribution in [0.2, 0.25) is 5.02 Å². The number of rotatable bonds is 1. The van der Waals surface area contributed by atoms with Crippen molar-refractivity contribution in [3.8, 4) is 0 Å². The molecule has 2 heterocycles. The zero-order valence-corrected chi connectivity index (χ0v) is 8.39. The summed E-state index contributed by atoms with van der Waals surface area (Å²) in [7, 11) is 0. The number of anilines is 1. The maximum atomic E-state index is 13.4. The van der Waals surface area contributed by atoms with Gasteiger partial charge >= 0.3 is 0 Å². The largest absolute Gasteiger partial charge is 0.352 e. The fourth-order valence-electron chi connectivity index (χ4n) is 1.52. The van der Waals surface area contributed by atoms with Crippen LogP contribution >= 0.6 is 11.6 Å². The molecule has 1 N–H and O–H groups in total. The van der Waals surface area contributed by atoms with Gasteiger partial charge in [-0.2, -0.15) is 0 Å². The van der Waals surface area contributed by atoms with Crippen molar-refractivity contribution in [2.75, 3.05) is 31.1 Å². The van der Waals surface area contributed by atoms with Crippen molar-refractivity contribution in [2.24, 2.45) is 0 Å². The Kier molecular flexibility index (Phi) is 2.84. The molecule has 0 aromatic carbocycles. The molecule has 5 heteroatoms. The van der Waals surface area contributed by atoms with E-state index < -0.39 is 0 Å². The maximum Gasteiger partial charge on any atom is 0.167 e. The van der Waals surface area contributed by atoms with Gasteiger partial charge in [-0.15, -0.1) is 0 Å². The van der Waals surface area contributed by atoms with Gasteiger partial charge in [-0.3, -0.25) is 0 Å². The van der Waals surface area contributed by atoms with Crippen molar-refractivity contribution in [1.82, 2.24) is 10.3 Å². The van der Waals surface area contributed by atoms with E-state index in [0.29, 0.717) is 10.8 Å². The van der Waals surface area contributed by atoms with Crippen molar-refractivity contribution in [1.29, 1.82) is 0 Å². The molecule has 14 heavy (non-hydrogen) atoms. The number of nitrogens with zero attached hydrogens (tertiary/aromatic N) is 2. The van der Waals surface area contributed by atoms with Gasteiger partial charge in [-0.1, -0.05) is 11.6 Å². The van der Waals surface area contributed by atoms with E-state index in [1.165, 1.54) is 12.3 Å². The van der Waals surface area contributed by atoms with Crippen LogP contribution in [0.15, 0.2) is 12.3 Å². The molecule has 0 spiro atoms. The van der Waals surface area contributed by atoms with E-state index in [4.69, 9.17) is 11.6 Å². The van der Waals surface area contributed by atoms with Gasteiger partial charge in [-0.25, -0.2) is 9.37 Å². The Balaban J connectivity index is 2.22. The molecular weight excluding hydrogens is 205 g/mol. The molecule has 0 radical (unpaired) electrons. The van der Waals surface area contributed by atoms with E-state index in [0.717, 1.165) is 26.2 Å². The molecule has 0 atom stereocenters. The standard InChI is InChI=1S/C9H11ClFN3/c10-7-5-8(11)9(13-6-7)14-3-1-12-2-4-14/h5-6,12H,1-4H2. The summed E-state index contributed by atoms with van der Waals surface area (Å²) in [6, 6.07) is 1.30. The summed E-state index contributed by atoms with van der Waals surface area (Å²) in [6.45, 7) is 3.30. The fourth-order valence-corrected chi connectivity index (χ4v) is 1.66. The van der Waals surface area contributed by atoms with Crippen molar-refractivity contribution in [2.45, 2.75) is 0 Å². The molecule has 1 aromatic rings. The Morgan fingerprint density at radius 2 is 2.14 bits per heavy atom. The summed E-state index contributed by atoms with van der Waals surface area (Å²) < 4.78 is 13.4. The lowest BCUT2D eigenvalue weighted by atomic mass is 10.3. The number of pyridine rings is 1. The zero-order valence-electron chi connectivity index (χ0n) is 7.63. The SMILES string of the molecule is Fc1cc(Cl)cnc1N1CCNCC1. The Labute approximate surface area is 86.9 Å². The maximum absolute atomic E-state index is 13.4. The average Bonchev–Trinajstić information content (AvgIpc) is 2.19. The Hall–Kier alpha value is -0.870. The van der Waals surface area contributed by atoms with Gasteiger partial charge in [0, 0.05) is 32.4 Å². The monoisotopic (exact) mass is 215 g/mol. The minimum absolute atomic E-state index is 0.335. The zero-order chi connectivity index (χ0) is 9.97. The first-order chi connectivity index (χ1) is 6.77. The summed E-state index contributed by atoms with van der Waals surface area (Å²) in [6.07, 6.45) is 1.47. The van der Waals surface area contributed by atoms with Crippen LogP contribution in [0.5, 0.6) is 0 Å². The minimum atomic E-state index is -0.348. The summed E-state index contributed by atoms with van der Waals surface area (Å²) >= 11 is 5.62. The van der Waals surface area contributed by atoms with Gasteiger partial charge in [0.2, 0.25) is 0 Å². The van der Waals surface area contributed by atoms with Crippen molar-refractivity contribution >= 4 is 17.4 Å². The van der Waals surface area contributed by atoms with E-state index in [1.807, 2.05) is 4.90 Å². The molecular formula is C9H11ClFN3. The lowest BCUT2D eigenvalue weighted by Gasteiger charge is -2.28. The van der Waals surface area contributed by atoms with Crippen LogP contribution in [-0.4, -0.2) is 31.2 Å². The predicted molar refractivity (Wildman–Crippen MR) is 54.3 cm³/mol. The third kappa shape index (κ3) is 1.96. The van der Waals surface area contributed by atoms with E-state index in [1.54, 1.807) is 0 Å². The number of piperazine rings is 1. The summed E-state index contributed by atoms with van der Waals surface area (Å²) in [4.78, 5) is 5.91. The van der Waals surface area contributed by atoms with Crippen molar-refractivity contribution in [3.05, 3.63) is 23.1 Å². The number of aromatic nitrogens is 1. The molecule has 0 unspecified atom stereocenters. The third-order valence-corrected chi connectivity index (χ3v) is 2.41. The summed E-state index contributed by atoms with van der Waals surface area (Å²) in [5.74, 6) is 0.0512. The van der Waals surface area contributed by atoms with Gasteiger partial charge < -0.3 is 10.2 Å². The molecule has 1 fully saturated rings. The van der Waals surface area contributed by atoms with Gasteiger partial charge in [-0.05, 0) is 6.07 Å². The first-order valence-corrected chi connectivity index (χ1v) is 4.92. The Morgan fingerprint density at radius 3 is 2.79 bits per heavy atom. The smallest absolute Gasteiger partial charge is 0.167 e. The van der Waals surface area contributed by atoms with Crippen LogP contribution in [0.25, 0.3) is 0 Å². The molecule has 0 saturated carbocycles. The number of hydrogen-bond donors (Lipinski definition) is 1. The normalized spacial score (nSPS) is 17.1. The molecule has 1 saturated heterocycles. The van der Waals surface area contributed by atoms with Crippen molar-refractivity contribution < 1.29 is 4.39 Å². The Morgan fingerprint density at radius 1 is 1.43 bits per heavy atom. The molecule has 0 amide bonds. The topological polar surface area (TPSA) is 28.2 Å². The van der Waals surface area contributed by atoms with Gasteiger partial charge in [0.15, 0.2) is 11.6 Å². The van der Waals surface area contributed by atoms with Crippen LogP contribution in [0.4, 0.5) is 10.2 Å². The van der Waals surface area contributed by atoms with E-state index in [-0.39, 0.29) is 5.82 Å². The molecule has 76 valence electrons. The van der Waals surface area contributed by atoms with E-state index in [2.05, 4.69) is 10.3 Å². The first kappa shape index (κ1) is 9.68. The highest BCUT2D eigenvalue weighted by molar-refractivity contribution is 6.30. The van der Waals surface area contributed by atoms with Gasteiger partial charge in [0.1, 0.15) is 0 Å². The second kappa shape index (κ2) is 4.11. The molecule has 3 nitrogen and oxygen atoms in total. The number of nitrogens with one attached hydrogen (secondary N) is 1. The van der Waals surface area contributed by atoms with Gasteiger partial charge in [0.25, 0.3) is 0 Å².